The summed E-state index contributed by atoms with van der Waals surface area (Å²) in [7, 11) is 0. The Morgan fingerprint density at radius 1 is 1.38 bits per heavy atom. The van der Waals surface area contributed by atoms with E-state index in [4.69, 9.17) is 4.74 Å². The first-order valence-electron chi connectivity index (χ1n) is 8.08. The van der Waals surface area contributed by atoms with E-state index in [-0.39, 0.29) is 30.3 Å². The van der Waals surface area contributed by atoms with Crippen LogP contribution >= 0.6 is 11.8 Å². The average molecular weight is 347 g/mol. The molecule has 24 heavy (non-hydrogen) atoms. The minimum Gasteiger partial charge on any atom is -0.491 e. The Hall–Kier alpha value is -2.02. The molecule has 0 saturated carbocycles. The second-order valence-electron chi connectivity index (χ2n) is 6.09. The number of anilines is 1. The molecule has 0 aromatic heterocycles. The van der Waals surface area contributed by atoms with Crippen LogP contribution in [-0.4, -0.2) is 41.9 Å². The van der Waals surface area contributed by atoms with Crippen LogP contribution in [0.15, 0.2) is 29.3 Å². The van der Waals surface area contributed by atoms with Crippen LogP contribution < -0.4 is 15.0 Å². The Morgan fingerprint density at radius 2 is 2.12 bits per heavy atom. The smallest absolute Gasteiger partial charge is 0.231 e. The molecule has 2 aliphatic heterocycles. The molecule has 1 N–H and O–H groups in total. The van der Waals surface area contributed by atoms with E-state index in [2.05, 4.69) is 10.3 Å². The molecular weight excluding hydrogens is 326 g/mol. The molecule has 0 spiro atoms. The van der Waals surface area contributed by atoms with Crippen molar-refractivity contribution in [1.82, 2.24) is 5.32 Å². The number of amidine groups is 1. The molecule has 0 bridgehead atoms. The van der Waals surface area contributed by atoms with Crippen molar-refractivity contribution in [1.29, 1.82) is 0 Å². The first-order chi connectivity index (χ1) is 11.5. The van der Waals surface area contributed by atoms with Gasteiger partial charge in [0.25, 0.3) is 0 Å². The number of ether oxygens (including phenoxy) is 1. The van der Waals surface area contributed by atoms with Gasteiger partial charge >= 0.3 is 0 Å². The normalized spacial score (nSPS) is 20.5. The maximum absolute atomic E-state index is 12.3. The van der Waals surface area contributed by atoms with E-state index in [9.17, 15) is 9.59 Å². The van der Waals surface area contributed by atoms with Gasteiger partial charge in [-0.15, -0.1) is 0 Å². The zero-order chi connectivity index (χ0) is 17.1. The highest BCUT2D eigenvalue weighted by Crippen LogP contribution is 2.27. The Balaban J connectivity index is 1.62. The van der Waals surface area contributed by atoms with E-state index in [1.54, 1.807) is 4.90 Å². The summed E-state index contributed by atoms with van der Waals surface area (Å²) in [4.78, 5) is 30.4. The van der Waals surface area contributed by atoms with Crippen LogP contribution in [0, 0.1) is 5.92 Å². The fourth-order valence-electron chi connectivity index (χ4n) is 2.73. The number of carbonyl (C=O) groups is 2. The van der Waals surface area contributed by atoms with Gasteiger partial charge in [-0.25, -0.2) is 0 Å². The lowest BCUT2D eigenvalue weighted by Crippen LogP contribution is -2.35. The number of amides is 2. The van der Waals surface area contributed by atoms with Crippen LogP contribution in [0.2, 0.25) is 0 Å². The van der Waals surface area contributed by atoms with Crippen molar-refractivity contribution in [3.63, 3.8) is 0 Å². The maximum atomic E-state index is 12.3. The third-order valence-electron chi connectivity index (χ3n) is 3.83. The monoisotopic (exact) mass is 347 g/mol. The Morgan fingerprint density at radius 3 is 2.75 bits per heavy atom. The molecule has 0 radical (unpaired) electrons. The number of nitrogens with one attached hydrogen (secondary N) is 1. The third-order valence-corrected chi connectivity index (χ3v) is 4.72. The van der Waals surface area contributed by atoms with Crippen molar-refractivity contribution >= 4 is 34.4 Å². The number of aliphatic imine (C=N–C) groups is 1. The number of nitrogens with zero attached hydrogens (tertiary/aromatic N) is 2. The molecule has 1 saturated heterocycles. The minimum absolute atomic E-state index is 0.0336. The maximum Gasteiger partial charge on any atom is 0.231 e. The molecule has 3 rings (SSSR count). The summed E-state index contributed by atoms with van der Waals surface area (Å²) in [6.07, 6.45) is 0.335. The number of hydrogen-bond acceptors (Lipinski definition) is 5. The molecule has 1 atom stereocenters. The van der Waals surface area contributed by atoms with Crippen molar-refractivity contribution in [3.8, 4) is 5.75 Å². The van der Waals surface area contributed by atoms with Gasteiger partial charge in [0.15, 0.2) is 5.17 Å². The number of carbonyl (C=O) groups excluding carboxylic acids is 2. The van der Waals surface area contributed by atoms with Crippen molar-refractivity contribution in [2.75, 3.05) is 23.7 Å². The van der Waals surface area contributed by atoms with Gasteiger partial charge in [0, 0.05) is 24.4 Å². The fraction of sp³-hybridized carbons (Fsp3) is 0.471. The van der Waals surface area contributed by atoms with Crippen LogP contribution in [0.25, 0.3) is 0 Å². The molecule has 7 heteroatoms. The fourth-order valence-corrected chi connectivity index (χ4v) is 3.46. The van der Waals surface area contributed by atoms with Gasteiger partial charge in [-0.1, -0.05) is 11.8 Å². The number of benzene rings is 1. The zero-order valence-corrected chi connectivity index (χ0v) is 14.6. The highest BCUT2D eigenvalue weighted by molar-refractivity contribution is 8.14. The summed E-state index contributed by atoms with van der Waals surface area (Å²) < 4.78 is 5.61. The number of hydrogen-bond donors (Lipinski definition) is 1. The second-order valence-corrected chi connectivity index (χ2v) is 7.17. The van der Waals surface area contributed by atoms with Gasteiger partial charge in [-0.3, -0.25) is 14.6 Å². The summed E-state index contributed by atoms with van der Waals surface area (Å²) in [6, 6.07) is 7.40. The van der Waals surface area contributed by atoms with Gasteiger partial charge in [0.05, 0.1) is 18.6 Å². The van der Waals surface area contributed by atoms with Gasteiger partial charge < -0.3 is 15.0 Å². The molecule has 6 nitrogen and oxygen atoms in total. The van der Waals surface area contributed by atoms with Gasteiger partial charge in [-0.2, -0.15) is 0 Å². The van der Waals surface area contributed by atoms with E-state index < -0.39 is 0 Å². The van der Waals surface area contributed by atoms with Crippen LogP contribution in [0.5, 0.6) is 5.75 Å². The molecule has 1 aromatic rings. The van der Waals surface area contributed by atoms with E-state index in [1.165, 1.54) is 11.8 Å². The lowest BCUT2D eigenvalue weighted by Gasteiger charge is -2.17. The van der Waals surface area contributed by atoms with Crippen LogP contribution in [-0.2, 0) is 9.59 Å². The third kappa shape index (κ3) is 3.90. The van der Waals surface area contributed by atoms with E-state index >= 15 is 0 Å². The predicted octanol–water partition coefficient (Wildman–Crippen LogP) is 2.05. The largest absolute Gasteiger partial charge is 0.491 e. The number of rotatable bonds is 4. The van der Waals surface area contributed by atoms with Crippen molar-refractivity contribution in [3.05, 3.63) is 24.3 Å². The molecule has 1 aromatic carbocycles. The summed E-state index contributed by atoms with van der Waals surface area (Å²) in [5.41, 5.74) is 0.791. The van der Waals surface area contributed by atoms with Crippen LogP contribution in [0.1, 0.15) is 20.3 Å². The molecule has 2 amide bonds. The topological polar surface area (TPSA) is 71.0 Å². The average Bonchev–Trinajstić information content (AvgIpc) is 3.17. The predicted molar refractivity (Wildman–Crippen MR) is 95.6 cm³/mol. The molecule has 0 unspecified atom stereocenters. The zero-order valence-electron chi connectivity index (χ0n) is 13.8. The first kappa shape index (κ1) is 16.8. The summed E-state index contributed by atoms with van der Waals surface area (Å²) >= 11 is 1.54. The van der Waals surface area contributed by atoms with E-state index in [0.717, 1.165) is 23.7 Å². The molecule has 128 valence electrons. The Bertz CT molecular complexity index is 658. The van der Waals surface area contributed by atoms with Crippen LogP contribution in [0.4, 0.5) is 5.69 Å². The van der Waals surface area contributed by atoms with Crippen molar-refractivity contribution in [2.24, 2.45) is 10.9 Å². The standard InChI is InChI=1S/C17H21N3O3S/c1-11(2)23-14-5-3-13(4-6-14)20-10-12(9-15(20)21)16(22)19-17-18-7-8-24-17/h3-6,11-12H,7-10H2,1-2H3,(H,18,19,22)/t12-/m1/s1. The van der Waals surface area contributed by atoms with Gasteiger partial charge in [0.2, 0.25) is 11.8 Å². The minimum atomic E-state index is -0.340. The number of thioether (sulfide) groups is 1. The highest BCUT2D eigenvalue weighted by atomic mass is 32.2. The Kier molecular flexibility index (Phi) is 5.08. The molecule has 2 heterocycles. The molecule has 2 aliphatic rings. The molecular formula is C17H21N3O3S. The lowest BCUT2D eigenvalue weighted by atomic mass is 10.1. The van der Waals surface area contributed by atoms with E-state index in [0.29, 0.717) is 11.7 Å². The first-order valence-corrected chi connectivity index (χ1v) is 9.06. The second kappa shape index (κ2) is 7.25. The summed E-state index contributed by atoms with van der Waals surface area (Å²) in [5, 5.41) is 3.49. The highest BCUT2D eigenvalue weighted by Gasteiger charge is 2.35. The summed E-state index contributed by atoms with van der Waals surface area (Å²) in [6.45, 7) is 5.07. The molecule has 1 fully saturated rings. The quantitative estimate of drug-likeness (QED) is 0.905. The van der Waals surface area contributed by atoms with Crippen molar-refractivity contribution in [2.45, 2.75) is 26.4 Å². The van der Waals surface area contributed by atoms with Gasteiger partial charge in [-0.05, 0) is 38.1 Å². The SMILES string of the molecule is CC(C)Oc1ccc(N2C[C@H](C(=O)NC3=NCCS3)CC2=O)cc1. The van der Waals surface area contributed by atoms with E-state index in [1.807, 2.05) is 38.1 Å². The lowest BCUT2D eigenvalue weighted by molar-refractivity contribution is -0.125. The summed E-state index contributed by atoms with van der Waals surface area (Å²) in [5.74, 6) is 1.17. The van der Waals surface area contributed by atoms with Gasteiger partial charge in [0.1, 0.15) is 5.75 Å². The van der Waals surface area contributed by atoms with Crippen molar-refractivity contribution < 1.29 is 14.3 Å². The Labute approximate surface area is 145 Å². The molecule has 0 aliphatic carbocycles. The van der Waals surface area contributed by atoms with Crippen LogP contribution in [0.3, 0.4) is 0 Å².